The van der Waals surface area contributed by atoms with Crippen LogP contribution in [0.1, 0.15) is 31.1 Å². The molecule has 0 aliphatic heterocycles. The SMILES string of the molecule is CCOCC(NC(=O)c1cc(OC)ccc1O)C(C)C. The highest BCUT2D eigenvalue weighted by Gasteiger charge is 2.19. The van der Waals surface area contributed by atoms with Crippen LogP contribution in [0.15, 0.2) is 18.2 Å². The molecule has 1 unspecified atom stereocenters. The van der Waals surface area contributed by atoms with E-state index in [1.165, 1.54) is 19.2 Å². The first-order chi connectivity index (χ1) is 9.49. The fraction of sp³-hybridized carbons (Fsp3) is 0.533. The molecule has 5 nitrogen and oxygen atoms in total. The molecule has 1 atom stereocenters. The van der Waals surface area contributed by atoms with E-state index in [0.717, 1.165) is 0 Å². The average molecular weight is 281 g/mol. The third kappa shape index (κ3) is 4.42. The average Bonchev–Trinajstić information content (AvgIpc) is 2.43. The quantitative estimate of drug-likeness (QED) is 0.804. The lowest BCUT2D eigenvalue weighted by molar-refractivity contribution is 0.0803. The highest BCUT2D eigenvalue weighted by atomic mass is 16.5. The first-order valence-corrected chi connectivity index (χ1v) is 6.75. The topological polar surface area (TPSA) is 67.8 Å². The fourth-order valence-corrected chi connectivity index (χ4v) is 1.72. The van der Waals surface area contributed by atoms with Gasteiger partial charge in [-0.15, -0.1) is 0 Å². The van der Waals surface area contributed by atoms with Gasteiger partial charge in [-0.3, -0.25) is 4.79 Å². The van der Waals surface area contributed by atoms with Crippen LogP contribution < -0.4 is 10.1 Å². The van der Waals surface area contributed by atoms with Gasteiger partial charge in [-0.2, -0.15) is 0 Å². The maximum Gasteiger partial charge on any atom is 0.255 e. The molecular formula is C15H23NO4. The molecule has 0 bridgehead atoms. The summed E-state index contributed by atoms with van der Waals surface area (Å²) in [5.41, 5.74) is 0.200. The zero-order valence-electron chi connectivity index (χ0n) is 12.5. The predicted molar refractivity (Wildman–Crippen MR) is 77.2 cm³/mol. The molecule has 1 aromatic rings. The summed E-state index contributed by atoms with van der Waals surface area (Å²) in [6.07, 6.45) is 0. The van der Waals surface area contributed by atoms with E-state index in [4.69, 9.17) is 9.47 Å². The van der Waals surface area contributed by atoms with Crippen molar-refractivity contribution in [2.24, 2.45) is 5.92 Å². The van der Waals surface area contributed by atoms with Crippen LogP contribution in [0.25, 0.3) is 0 Å². The van der Waals surface area contributed by atoms with Gasteiger partial charge in [0.05, 0.1) is 25.3 Å². The third-order valence-electron chi connectivity index (χ3n) is 3.07. The molecule has 0 aromatic heterocycles. The molecule has 0 fully saturated rings. The number of phenols is 1. The van der Waals surface area contributed by atoms with E-state index in [1.54, 1.807) is 6.07 Å². The monoisotopic (exact) mass is 281 g/mol. The van der Waals surface area contributed by atoms with Gasteiger partial charge >= 0.3 is 0 Å². The summed E-state index contributed by atoms with van der Waals surface area (Å²) in [6, 6.07) is 4.46. The minimum Gasteiger partial charge on any atom is -0.507 e. The lowest BCUT2D eigenvalue weighted by atomic mass is 10.0. The molecule has 0 heterocycles. The van der Waals surface area contributed by atoms with Crippen molar-refractivity contribution in [3.63, 3.8) is 0 Å². The third-order valence-corrected chi connectivity index (χ3v) is 3.07. The van der Waals surface area contributed by atoms with E-state index in [9.17, 15) is 9.90 Å². The Labute approximate surface area is 119 Å². The number of aromatic hydroxyl groups is 1. The Bertz CT molecular complexity index is 445. The Balaban J connectivity index is 2.82. The number of phenolic OH excluding ortho intramolecular Hbond substituents is 1. The zero-order valence-corrected chi connectivity index (χ0v) is 12.5. The fourth-order valence-electron chi connectivity index (χ4n) is 1.72. The lowest BCUT2D eigenvalue weighted by Gasteiger charge is -2.22. The van der Waals surface area contributed by atoms with Crippen molar-refractivity contribution in [1.82, 2.24) is 5.32 Å². The summed E-state index contributed by atoms with van der Waals surface area (Å²) in [5, 5.41) is 12.7. The van der Waals surface area contributed by atoms with Crippen molar-refractivity contribution in [3.8, 4) is 11.5 Å². The Kier molecular flexibility index (Phi) is 6.31. The number of methoxy groups -OCH3 is 1. The summed E-state index contributed by atoms with van der Waals surface area (Å²) < 4.78 is 10.4. The molecule has 0 saturated carbocycles. The second kappa shape index (κ2) is 7.75. The first kappa shape index (κ1) is 16.3. The molecular weight excluding hydrogens is 258 g/mol. The number of benzene rings is 1. The van der Waals surface area contributed by atoms with Crippen molar-refractivity contribution in [2.75, 3.05) is 20.3 Å². The molecule has 1 amide bonds. The molecule has 112 valence electrons. The number of rotatable bonds is 7. The summed E-state index contributed by atoms with van der Waals surface area (Å²) in [4.78, 5) is 12.2. The van der Waals surface area contributed by atoms with Gasteiger partial charge in [0.15, 0.2) is 0 Å². The minimum atomic E-state index is -0.334. The standard InChI is InChI=1S/C15H23NO4/c1-5-20-9-13(10(2)3)16-15(18)12-8-11(19-4)6-7-14(12)17/h6-8,10,13,17H,5,9H2,1-4H3,(H,16,18). The van der Waals surface area contributed by atoms with Gasteiger partial charge < -0.3 is 19.9 Å². The van der Waals surface area contributed by atoms with E-state index < -0.39 is 0 Å². The maximum absolute atomic E-state index is 12.2. The van der Waals surface area contributed by atoms with Gasteiger partial charge in [-0.1, -0.05) is 13.8 Å². The molecule has 2 N–H and O–H groups in total. The van der Waals surface area contributed by atoms with Crippen molar-refractivity contribution in [3.05, 3.63) is 23.8 Å². The number of ether oxygens (including phenoxy) is 2. The molecule has 0 radical (unpaired) electrons. The first-order valence-electron chi connectivity index (χ1n) is 6.75. The maximum atomic E-state index is 12.2. The van der Waals surface area contributed by atoms with Crippen molar-refractivity contribution < 1.29 is 19.4 Å². The van der Waals surface area contributed by atoms with Crippen molar-refractivity contribution in [1.29, 1.82) is 0 Å². The molecule has 20 heavy (non-hydrogen) atoms. The normalized spacial score (nSPS) is 12.2. The molecule has 5 heteroatoms. The second-order valence-electron chi connectivity index (χ2n) is 4.87. The van der Waals surface area contributed by atoms with Crippen LogP contribution in [0.2, 0.25) is 0 Å². The Morgan fingerprint density at radius 1 is 1.40 bits per heavy atom. The number of hydrogen-bond donors (Lipinski definition) is 2. The van der Waals surface area contributed by atoms with Crippen LogP contribution in [-0.4, -0.2) is 37.4 Å². The Hall–Kier alpha value is -1.75. The number of amides is 1. The van der Waals surface area contributed by atoms with E-state index in [-0.39, 0.29) is 29.2 Å². The van der Waals surface area contributed by atoms with E-state index in [2.05, 4.69) is 5.32 Å². The predicted octanol–water partition coefficient (Wildman–Crippen LogP) is 2.19. The molecule has 0 aliphatic carbocycles. The smallest absolute Gasteiger partial charge is 0.255 e. The van der Waals surface area contributed by atoms with Crippen LogP contribution in [-0.2, 0) is 4.74 Å². The number of nitrogens with one attached hydrogen (secondary N) is 1. The summed E-state index contributed by atoms with van der Waals surface area (Å²) in [7, 11) is 1.51. The van der Waals surface area contributed by atoms with Crippen LogP contribution in [0.5, 0.6) is 11.5 Å². The number of carbonyl (C=O) groups excluding carboxylic acids is 1. The van der Waals surface area contributed by atoms with Crippen LogP contribution in [0.4, 0.5) is 0 Å². The molecule has 0 spiro atoms. The number of hydrogen-bond acceptors (Lipinski definition) is 4. The van der Waals surface area contributed by atoms with Gasteiger partial charge in [-0.25, -0.2) is 0 Å². The Morgan fingerprint density at radius 2 is 2.10 bits per heavy atom. The van der Waals surface area contributed by atoms with Gasteiger partial charge in [0, 0.05) is 6.61 Å². The van der Waals surface area contributed by atoms with Gasteiger partial charge in [-0.05, 0) is 31.0 Å². The zero-order chi connectivity index (χ0) is 15.1. The molecule has 0 saturated heterocycles. The summed E-state index contributed by atoms with van der Waals surface area (Å²) in [5.74, 6) is 0.360. The van der Waals surface area contributed by atoms with Crippen LogP contribution >= 0.6 is 0 Å². The van der Waals surface area contributed by atoms with Crippen molar-refractivity contribution in [2.45, 2.75) is 26.8 Å². The molecule has 0 aliphatic rings. The minimum absolute atomic E-state index is 0.0674. The molecule has 1 rings (SSSR count). The largest absolute Gasteiger partial charge is 0.507 e. The molecule has 1 aromatic carbocycles. The van der Waals surface area contributed by atoms with Crippen molar-refractivity contribution >= 4 is 5.91 Å². The van der Waals surface area contributed by atoms with E-state index in [1.807, 2.05) is 20.8 Å². The number of carbonyl (C=O) groups is 1. The second-order valence-corrected chi connectivity index (χ2v) is 4.87. The Morgan fingerprint density at radius 3 is 2.65 bits per heavy atom. The summed E-state index contributed by atoms with van der Waals surface area (Å²) in [6.45, 7) is 6.98. The highest BCUT2D eigenvalue weighted by Crippen LogP contribution is 2.23. The van der Waals surface area contributed by atoms with E-state index in [0.29, 0.717) is 19.0 Å². The van der Waals surface area contributed by atoms with Gasteiger partial charge in [0.2, 0.25) is 0 Å². The summed E-state index contributed by atoms with van der Waals surface area (Å²) >= 11 is 0. The van der Waals surface area contributed by atoms with Crippen LogP contribution in [0.3, 0.4) is 0 Å². The van der Waals surface area contributed by atoms with Gasteiger partial charge in [0.25, 0.3) is 5.91 Å². The lowest BCUT2D eigenvalue weighted by Crippen LogP contribution is -2.41. The highest BCUT2D eigenvalue weighted by molar-refractivity contribution is 5.97. The van der Waals surface area contributed by atoms with Crippen LogP contribution in [0, 0.1) is 5.92 Å². The van der Waals surface area contributed by atoms with Gasteiger partial charge in [0.1, 0.15) is 11.5 Å². The van der Waals surface area contributed by atoms with E-state index >= 15 is 0 Å².